The van der Waals surface area contributed by atoms with E-state index >= 15 is 0 Å². The summed E-state index contributed by atoms with van der Waals surface area (Å²) in [5, 5.41) is 0. The summed E-state index contributed by atoms with van der Waals surface area (Å²) < 4.78 is 0. The Bertz CT molecular complexity index is 6.85. The first-order valence-corrected chi connectivity index (χ1v) is 0. The van der Waals surface area contributed by atoms with Crippen LogP contribution in [0.3, 0.4) is 0 Å². The fraction of sp³-hybridized carbons (Fsp3) is 0. The fourth-order valence-electron chi connectivity index (χ4n) is 0. The van der Waals surface area contributed by atoms with Crippen molar-refractivity contribution in [3.05, 3.63) is 0 Å². The van der Waals surface area contributed by atoms with Crippen molar-refractivity contribution in [3.63, 3.8) is 0 Å². The summed E-state index contributed by atoms with van der Waals surface area (Å²) in [5.74, 6) is 0. The third-order valence-electron chi connectivity index (χ3n) is 0. The third-order valence-corrected chi connectivity index (χ3v) is 0. The van der Waals surface area contributed by atoms with E-state index in [1.54, 1.807) is 0 Å². The Morgan fingerprint density at radius 2 is 0.600 bits per heavy atom. The van der Waals surface area contributed by atoms with Crippen molar-refractivity contribution < 1.29 is 71.4 Å². The monoisotopic (exact) mass is 224 g/mol. The molecule has 0 aromatic heterocycles. The van der Waals surface area contributed by atoms with Gasteiger partial charge < -0.3 is 37.2 Å². The minimum atomic E-state index is 0. The predicted molar refractivity (Wildman–Crippen MR) is 0 cm³/mol. The van der Waals surface area contributed by atoms with Gasteiger partial charge in [-0.3, -0.25) is 0 Å². The van der Waals surface area contributed by atoms with Gasteiger partial charge in [0, 0.05) is 17.1 Å². The first-order valence-electron chi connectivity index (χ1n) is 0. The molecule has 0 aromatic rings. The van der Waals surface area contributed by atoms with Crippen LogP contribution in [0.1, 0.15) is 0 Å². The van der Waals surface area contributed by atoms with E-state index in [0.29, 0.717) is 0 Å². The number of halogens is 3. The second-order valence-electron chi connectivity index (χ2n) is 0. The Morgan fingerprint density at radius 3 is 0.600 bits per heavy atom. The van der Waals surface area contributed by atoms with Crippen molar-refractivity contribution in [1.29, 1.82) is 0 Å². The first-order chi connectivity index (χ1) is 0. The molecule has 0 N–H and O–H groups in total. The standard InChI is InChI=1S/3ClH.Cu.Fe/h3*1H;;/q;;;;+3/p-3. The van der Waals surface area contributed by atoms with Gasteiger partial charge in [-0.05, 0) is 0 Å². The van der Waals surface area contributed by atoms with Crippen molar-refractivity contribution in [3.8, 4) is 0 Å². The SMILES string of the molecule is [Cl-].[Cl-].[Cl-].[Cu].[Fe+3]. The van der Waals surface area contributed by atoms with E-state index in [-0.39, 0.29) is 71.4 Å². The van der Waals surface area contributed by atoms with E-state index in [4.69, 9.17) is 0 Å². The van der Waals surface area contributed by atoms with E-state index in [1.165, 1.54) is 0 Å². The molecule has 0 aliphatic carbocycles. The van der Waals surface area contributed by atoms with E-state index in [0.717, 1.165) is 0 Å². The first kappa shape index (κ1) is 66.2. The molecule has 0 nitrogen and oxygen atoms in total. The van der Waals surface area contributed by atoms with E-state index in [2.05, 4.69) is 0 Å². The van der Waals surface area contributed by atoms with Gasteiger partial charge in [-0.25, -0.2) is 0 Å². The number of hydrogen-bond acceptors (Lipinski definition) is 0. The van der Waals surface area contributed by atoms with Gasteiger partial charge in [0.15, 0.2) is 0 Å². The largest absolute Gasteiger partial charge is 3.00 e. The van der Waals surface area contributed by atoms with Crippen molar-refractivity contribution in [2.75, 3.05) is 0 Å². The van der Waals surface area contributed by atoms with Gasteiger partial charge in [0.05, 0.1) is 0 Å². The Labute approximate surface area is 71.0 Å². The van der Waals surface area contributed by atoms with Gasteiger partial charge >= 0.3 is 17.1 Å². The maximum atomic E-state index is 0. The van der Waals surface area contributed by atoms with Crippen LogP contribution in [0.25, 0.3) is 0 Å². The quantitative estimate of drug-likeness (QED) is 0.360. The van der Waals surface area contributed by atoms with Crippen molar-refractivity contribution >= 4 is 0 Å². The minimum absolute atomic E-state index is 0. The van der Waals surface area contributed by atoms with Gasteiger partial charge in [0.1, 0.15) is 0 Å². The average Bonchev–Trinajstić information content (AvgIpc) is 0. The van der Waals surface area contributed by atoms with Gasteiger partial charge in [0.2, 0.25) is 0 Å². The molecule has 0 aromatic carbocycles. The van der Waals surface area contributed by atoms with Crippen LogP contribution in [0.2, 0.25) is 0 Å². The summed E-state index contributed by atoms with van der Waals surface area (Å²) in [4.78, 5) is 0. The molecule has 0 atom stereocenters. The molecule has 0 amide bonds. The second-order valence-corrected chi connectivity index (χ2v) is 0. The van der Waals surface area contributed by atoms with Crippen LogP contribution < -0.4 is 37.2 Å². The van der Waals surface area contributed by atoms with Gasteiger partial charge in [-0.1, -0.05) is 0 Å². The van der Waals surface area contributed by atoms with Gasteiger partial charge in [-0.2, -0.15) is 0 Å². The molecule has 0 heterocycles. The van der Waals surface area contributed by atoms with Crippen LogP contribution in [0.5, 0.6) is 0 Å². The molecule has 0 spiro atoms. The molecular weight excluding hydrogens is 226 g/mol. The summed E-state index contributed by atoms with van der Waals surface area (Å²) in [6.07, 6.45) is 0. The molecule has 0 unspecified atom stereocenters. The smallest absolute Gasteiger partial charge is 1.00 e. The minimum Gasteiger partial charge on any atom is -1.00 e. The van der Waals surface area contributed by atoms with Crippen molar-refractivity contribution in [1.82, 2.24) is 0 Å². The van der Waals surface area contributed by atoms with Crippen LogP contribution in [0.4, 0.5) is 0 Å². The molecule has 40 valence electrons. The number of hydrogen-bond donors (Lipinski definition) is 0. The average molecular weight is 226 g/mol. The summed E-state index contributed by atoms with van der Waals surface area (Å²) in [7, 11) is 0. The summed E-state index contributed by atoms with van der Waals surface area (Å²) in [6, 6.07) is 0. The van der Waals surface area contributed by atoms with Crippen LogP contribution >= 0.6 is 0 Å². The molecule has 0 bridgehead atoms. The van der Waals surface area contributed by atoms with Crippen LogP contribution in [0, 0.1) is 0 Å². The van der Waals surface area contributed by atoms with E-state index in [9.17, 15) is 0 Å². The maximum Gasteiger partial charge on any atom is 3.00 e. The zero-order chi connectivity index (χ0) is 0. The molecule has 0 saturated carbocycles. The predicted octanol–water partition coefficient (Wildman–Crippen LogP) is -8.99. The molecule has 0 fully saturated rings. The molecule has 0 aliphatic heterocycles. The zero-order valence-corrected chi connectivity index (χ0v) is 6.10. The molecule has 5 heteroatoms. The normalized spacial score (nSPS) is 0. The molecule has 0 rings (SSSR count). The molecular formula is Cl3CuFe. The molecule has 5 heavy (non-hydrogen) atoms. The maximum absolute atomic E-state index is 0. The summed E-state index contributed by atoms with van der Waals surface area (Å²) >= 11 is 0. The fourth-order valence-corrected chi connectivity index (χ4v) is 0. The Hall–Kier alpha value is 1.91. The van der Waals surface area contributed by atoms with E-state index < -0.39 is 0 Å². The van der Waals surface area contributed by atoms with E-state index in [1.807, 2.05) is 0 Å². The molecule has 0 saturated heterocycles. The summed E-state index contributed by atoms with van der Waals surface area (Å²) in [6.45, 7) is 0. The van der Waals surface area contributed by atoms with Crippen LogP contribution in [-0.4, -0.2) is 0 Å². The Morgan fingerprint density at radius 1 is 0.600 bits per heavy atom. The van der Waals surface area contributed by atoms with Crippen LogP contribution in [0.15, 0.2) is 0 Å². The Kier molecular flexibility index (Phi) is 517. The van der Waals surface area contributed by atoms with Crippen LogP contribution in [-0.2, 0) is 34.1 Å². The van der Waals surface area contributed by atoms with Gasteiger partial charge in [0.25, 0.3) is 0 Å². The van der Waals surface area contributed by atoms with Crippen molar-refractivity contribution in [2.24, 2.45) is 0 Å². The number of rotatable bonds is 0. The van der Waals surface area contributed by atoms with Crippen molar-refractivity contribution in [2.45, 2.75) is 0 Å². The molecule has 2 radical (unpaired) electrons. The van der Waals surface area contributed by atoms with Gasteiger partial charge in [-0.15, -0.1) is 0 Å². The molecule has 0 aliphatic rings. The zero-order valence-electron chi connectivity index (χ0n) is 1.79. The Balaban J connectivity index is 0. The third kappa shape index (κ3) is 24.8. The second kappa shape index (κ2) is 39.1. The topological polar surface area (TPSA) is 0 Å². The summed E-state index contributed by atoms with van der Waals surface area (Å²) in [5.41, 5.74) is 0.